The summed E-state index contributed by atoms with van der Waals surface area (Å²) in [5, 5.41) is 3.03. The van der Waals surface area contributed by atoms with Crippen LogP contribution in [0, 0.1) is 0 Å². The molecule has 2 rings (SSSR count). The molecule has 0 saturated carbocycles. The van der Waals surface area contributed by atoms with Gasteiger partial charge in [-0.25, -0.2) is 4.57 Å². The summed E-state index contributed by atoms with van der Waals surface area (Å²) >= 11 is 0. The molecule has 1 heterocycles. The molecule has 1 amide bonds. The van der Waals surface area contributed by atoms with Crippen molar-refractivity contribution in [1.29, 1.82) is 0 Å². The SMILES string of the molecule is CCC[n+]1cccc(C(=O)N[C@H](C)c2ccccc2)c1. The fraction of sp³-hybridized carbons (Fsp3) is 0.294. The highest BCUT2D eigenvalue weighted by molar-refractivity contribution is 5.93. The molecule has 3 nitrogen and oxygen atoms in total. The minimum atomic E-state index is -0.0354. The number of aromatic nitrogens is 1. The van der Waals surface area contributed by atoms with Gasteiger partial charge in [0.15, 0.2) is 12.4 Å². The van der Waals surface area contributed by atoms with Gasteiger partial charge >= 0.3 is 0 Å². The Kier molecular flexibility index (Phi) is 4.88. The number of amides is 1. The van der Waals surface area contributed by atoms with Gasteiger partial charge in [0.25, 0.3) is 5.91 Å². The summed E-state index contributed by atoms with van der Waals surface area (Å²) in [6.45, 7) is 5.04. The Morgan fingerprint density at radius 3 is 2.65 bits per heavy atom. The van der Waals surface area contributed by atoms with Crippen molar-refractivity contribution in [1.82, 2.24) is 5.32 Å². The van der Waals surface area contributed by atoms with Crippen molar-refractivity contribution in [3.63, 3.8) is 0 Å². The number of aryl methyl sites for hydroxylation is 1. The Balaban J connectivity index is 2.06. The predicted molar refractivity (Wildman–Crippen MR) is 79.3 cm³/mol. The average molecular weight is 269 g/mol. The molecule has 0 aliphatic heterocycles. The Labute approximate surface area is 120 Å². The van der Waals surface area contributed by atoms with Crippen molar-refractivity contribution < 1.29 is 9.36 Å². The van der Waals surface area contributed by atoms with Crippen LogP contribution >= 0.6 is 0 Å². The molecule has 0 spiro atoms. The minimum absolute atomic E-state index is 0.00327. The second kappa shape index (κ2) is 6.85. The molecule has 104 valence electrons. The number of carbonyl (C=O) groups is 1. The first-order valence-corrected chi connectivity index (χ1v) is 7.05. The van der Waals surface area contributed by atoms with Crippen molar-refractivity contribution in [2.75, 3.05) is 0 Å². The highest BCUT2D eigenvalue weighted by Gasteiger charge is 2.13. The lowest BCUT2D eigenvalue weighted by Crippen LogP contribution is -2.35. The van der Waals surface area contributed by atoms with E-state index in [1.165, 1.54) is 0 Å². The second-order valence-electron chi connectivity index (χ2n) is 4.94. The molecule has 0 saturated heterocycles. The summed E-state index contributed by atoms with van der Waals surface area (Å²) in [5.74, 6) is -0.0354. The topological polar surface area (TPSA) is 33.0 Å². The van der Waals surface area contributed by atoms with Crippen LogP contribution in [0.15, 0.2) is 54.9 Å². The quantitative estimate of drug-likeness (QED) is 0.832. The lowest BCUT2D eigenvalue weighted by Gasteiger charge is -2.13. The van der Waals surface area contributed by atoms with E-state index in [0.717, 1.165) is 18.5 Å². The van der Waals surface area contributed by atoms with E-state index in [0.29, 0.717) is 5.56 Å². The van der Waals surface area contributed by atoms with E-state index in [9.17, 15) is 4.79 Å². The van der Waals surface area contributed by atoms with Crippen LogP contribution in [0.4, 0.5) is 0 Å². The molecule has 1 N–H and O–H groups in total. The average Bonchev–Trinajstić information content (AvgIpc) is 2.48. The number of pyridine rings is 1. The van der Waals surface area contributed by atoms with Crippen molar-refractivity contribution in [3.8, 4) is 0 Å². The van der Waals surface area contributed by atoms with E-state index in [2.05, 4.69) is 12.2 Å². The van der Waals surface area contributed by atoms with Gasteiger partial charge in [-0.3, -0.25) is 4.79 Å². The molecule has 20 heavy (non-hydrogen) atoms. The fourth-order valence-electron chi connectivity index (χ4n) is 2.16. The smallest absolute Gasteiger partial charge is 0.257 e. The first-order valence-electron chi connectivity index (χ1n) is 7.05. The van der Waals surface area contributed by atoms with E-state index in [-0.39, 0.29) is 11.9 Å². The summed E-state index contributed by atoms with van der Waals surface area (Å²) in [5.41, 5.74) is 1.81. The van der Waals surface area contributed by atoms with Crippen LogP contribution in [-0.2, 0) is 6.54 Å². The van der Waals surface area contributed by atoms with Crippen LogP contribution in [0.25, 0.3) is 0 Å². The summed E-state index contributed by atoms with van der Waals surface area (Å²) < 4.78 is 2.04. The Bertz CT molecular complexity index is 566. The van der Waals surface area contributed by atoms with Crippen molar-refractivity contribution in [2.45, 2.75) is 32.9 Å². The lowest BCUT2D eigenvalue weighted by atomic mass is 10.1. The summed E-state index contributed by atoms with van der Waals surface area (Å²) in [7, 11) is 0. The van der Waals surface area contributed by atoms with Crippen LogP contribution < -0.4 is 9.88 Å². The van der Waals surface area contributed by atoms with Gasteiger partial charge in [-0.1, -0.05) is 37.3 Å². The number of carbonyl (C=O) groups excluding carboxylic acids is 1. The van der Waals surface area contributed by atoms with E-state index in [1.54, 1.807) is 0 Å². The van der Waals surface area contributed by atoms with Gasteiger partial charge in [0.2, 0.25) is 0 Å². The van der Waals surface area contributed by atoms with Gasteiger partial charge < -0.3 is 5.32 Å². The van der Waals surface area contributed by atoms with Gasteiger partial charge in [-0.2, -0.15) is 0 Å². The van der Waals surface area contributed by atoms with Crippen molar-refractivity contribution in [2.24, 2.45) is 0 Å². The van der Waals surface area contributed by atoms with Gasteiger partial charge in [-0.15, -0.1) is 0 Å². The molecule has 2 aromatic rings. The molecule has 0 unspecified atom stereocenters. The van der Waals surface area contributed by atoms with E-state index in [1.807, 2.05) is 66.3 Å². The van der Waals surface area contributed by atoms with Gasteiger partial charge in [0, 0.05) is 12.5 Å². The summed E-state index contributed by atoms with van der Waals surface area (Å²) in [6.07, 6.45) is 4.94. The largest absolute Gasteiger partial charge is 0.345 e. The molecule has 0 bridgehead atoms. The van der Waals surface area contributed by atoms with Crippen molar-refractivity contribution >= 4 is 5.91 Å². The van der Waals surface area contributed by atoms with E-state index >= 15 is 0 Å². The molecule has 1 atom stereocenters. The summed E-state index contributed by atoms with van der Waals surface area (Å²) in [4.78, 5) is 12.3. The number of hydrogen-bond donors (Lipinski definition) is 1. The highest BCUT2D eigenvalue weighted by Crippen LogP contribution is 2.11. The molecular weight excluding hydrogens is 248 g/mol. The van der Waals surface area contributed by atoms with Crippen LogP contribution in [-0.4, -0.2) is 5.91 Å². The zero-order valence-corrected chi connectivity index (χ0v) is 12.0. The number of nitrogens with zero attached hydrogens (tertiary/aromatic N) is 1. The number of rotatable bonds is 5. The minimum Gasteiger partial charge on any atom is -0.345 e. The second-order valence-corrected chi connectivity index (χ2v) is 4.94. The Morgan fingerprint density at radius 2 is 1.95 bits per heavy atom. The van der Waals surface area contributed by atoms with Crippen molar-refractivity contribution in [3.05, 3.63) is 66.0 Å². The molecule has 3 heteroatoms. The third kappa shape index (κ3) is 3.67. The van der Waals surface area contributed by atoms with Crippen LogP contribution in [0.3, 0.4) is 0 Å². The standard InChI is InChI=1S/C17H20N2O/c1-3-11-19-12-7-10-16(13-19)17(20)18-14(2)15-8-5-4-6-9-15/h4-10,12-14H,3,11H2,1-2H3/p+1/t14-/m1/s1. The van der Waals surface area contributed by atoms with Crippen LogP contribution in [0.5, 0.6) is 0 Å². The molecular formula is C17H21N2O+. The molecule has 0 fully saturated rings. The van der Waals surface area contributed by atoms with Crippen LogP contribution in [0.1, 0.15) is 42.2 Å². The van der Waals surface area contributed by atoms with E-state index < -0.39 is 0 Å². The predicted octanol–water partition coefficient (Wildman–Crippen LogP) is 2.88. The maximum absolute atomic E-state index is 12.3. The first kappa shape index (κ1) is 14.3. The maximum atomic E-state index is 12.3. The fourth-order valence-corrected chi connectivity index (χ4v) is 2.16. The Hall–Kier alpha value is -2.16. The molecule has 0 aliphatic carbocycles. The zero-order chi connectivity index (χ0) is 14.4. The lowest BCUT2D eigenvalue weighted by molar-refractivity contribution is -0.697. The van der Waals surface area contributed by atoms with Gasteiger partial charge in [-0.05, 0) is 18.6 Å². The summed E-state index contributed by atoms with van der Waals surface area (Å²) in [6, 6.07) is 13.7. The van der Waals surface area contributed by atoms with Crippen LogP contribution in [0.2, 0.25) is 0 Å². The third-order valence-corrected chi connectivity index (χ3v) is 3.25. The third-order valence-electron chi connectivity index (χ3n) is 3.25. The maximum Gasteiger partial charge on any atom is 0.257 e. The number of hydrogen-bond acceptors (Lipinski definition) is 1. The zero-order valence-electron chi connectivity index (χ0n) is 12.0. The number of benzene rings is 1. The Morgan fingerprint density at radius 1 is 1.20 bits per heavy atom. The highest BCUT2D eigenvalue weighted by atomic mass is 16.1. The molecule has 0 aliphatic rings. The van der Waals surface area contributed by atoms with Gasteiger partial charge in [0.1, 0.15) is 12.1 Å². The number of nitrogens with one attached hydrogen (secondary N) is 1. The molecule has 1 aromatic carbocycles. The van der Waals surface area contributed by atoms with Gasteiger partial charge in [0.05, 0.1) is 6.04 Å². The van der Waals surface area contributed by atoms with E-state index in [4.69, 9.17) is 0 Å². The molecule has 1 aromatic heterocycles. The normalized spacial score (nSPS) is 11.9. The first-order chi connectivity index (χ1) is 9.70. The molecule has 0 radical (unpaired) electrons. The monoisotopic (exact) mass is 269 g/mol.